The van der Waals surface area contributed by atoms with Crippen LogP contribution in [0.5, 0.6) is 0 Å². The van der Waals surface area contributed by atoms with E-state index in [0.717, 1.165) is 36.9 Å². The second-order valence-corrected chi connectivity index (χ2v) is 6.40. The summed E-state index contributed by atoms with van der Waals surface area (Å²) in [7, 11) is 0. The molecule has 0 radical (unpaired) electrons. The van der Waals surface area contributed by atoms with Crippen LogP contribution in [0, 0.1) is 0 Å². The SMILES string of the molecule is O=C(CCc1ccncc1)N1CCCC1CC(O)c1ccccc1. The molecule has 0 spiro atoms. The van der Waals surface area contributed by atoms with Gasteiger partial charge < -0.3 is 10.0 Å². The fourth-order valence-electron chi connectivity index (χ4n) is 3.42. The van der Waals surface area contributed by atoms with Crippen LogP contribution in [-0.4, -0.2) is 33.5 Å². The number of aliphatic hydroxyl groups excluding tert-OH is 1. The fraction of sp³-hybridized carbons (Fsp3) is 0.400. The van der Waals surface area contributed by atoms with Gasteiger partial charge in [0.2, 0.25) is 5.91 Å². The quantitative estimate of drug-likeness (QED) is 0.888. The smallest absolute Gasteiger partial charge is 0.223 e. The molecule has 1 aromatic heterocycles. The van der Waals surface area contributed by atoms with E-state index >= 15 is 0 Å². The molecule has 1 aliphatic rings. The Morgan fingerprint density at radius 1 is 1.21 bits per heavy atom. The maximum atomic E-state index is 12.6. The Kier molecular flexibility index (Phi) is 5.59. The molecule has 0 aliphatic carbocycles. The molecule has 1 aliphatic heterocycles. The second kappa shape index (κ2) is 8.06. The Bertz CT molecular complexity index is 645. The third-order valence-corrected chi connectivity index (χ3v) is 4.75. The maximum absolute atomic E-state index is 12.6. The van der Waals surface area contributed by atoms with Crippen molar-refractivity contribution in [3.8, 4) is 0 Å². The van der Waals surface area contributed by atoms with E-state index in [9.17, 15) is 9.90 Å². The molecular weight excluding hydrogens is 300 g/mol. The summed E-state index contributed by atoms with van der Waals surface area (Å²) in [6, 6.07) is 13.7. The summed E-state index contributed by atoms with van der Waals surface area (Å²) in [5.41, 5.74) is 2.06. The molecule has 2 atom stereocenters. The topological polar surface area (TPSA) is 53.4 Å². The molecule has 0 bridgehead atoms. The maximum Gasteiger partial charge on any atom is 0.223 e. The van der Waals surface area contributed by atoms with Crippen molar-refractivity contribution in [2.45, 2.75) is 44.2 Å². The van der Waals surface area contributed by atoms with Crippen molar-refractivity contribution < 1.29 is 9.90 Å². The fourth-order valence-corrected chi connectivity index (χ4v) is 3.42. The highest BCUT2D eigenvalue weighted by atomic mass is 16.3. The van der Waals surface area contributed by atoms with E-state index in [0.29, 0.717) is 12.8 Å². The van der Waals surface area contributed by atoms with Gasteiger partial charge in [0.05, 0.1) is 6.10 Å². The van der Waals surface area contributed by atoms with E-state index in [1.807, 2.05) is 47.4 Å². The summed E-state index contributed by atoms with van der Waals surface area (Å²) < 4.78 is 0. The first-order valence-corrected chi connectivity index (χ1v) is 8.65. The van der Waals surface area contributed by atoms with Crippen molar-refractivity contribution in [1.82, 2.24) is 9.88 Å². The van der Waals surface area contributed by atoms with Gasteiger partial charge in [-0.3, -0.25) is 9.78 Å². The van der Waals surface area contributed by atoms with Crippen LogP contribution in [0.25, 0.3) is 0 Å². The van der Waals surface area contributed by atoms with Crippen LogP contribution < -0.4 is 0 Å². The van der Waals surface area contributed by atoms with Gasteiger partial charge in [-0.05, 0) is 48.9 Å². The van der Waals surface area contributed by atoms with E-state index in [1.54, 1.807) is 12.4 Å². The van der Waals surface area contributed by atoms with Gasteiger partial charge in [0.25, 0.3) is 0 Å². The van der Waals surface area contributed by atoms with Gasteiger partial charge in [0, 0.05) is 31.4 Å². The zero-order valence-electron chi connectivity index (χ0n) is 13.8. The minimum Gasteiger partial charge on any atom is -0.388 e. The summed E-state index contributed by atoms with van der Waals surface area (Å²) in [5.74, 6) is 0.189. The van der Waals surface area contributed by atoms with Crippen molar-refractivity contribution >= 4 is 5.91 Å². The van der Waals surface area contributed by atoms with Crippen molar-refractivity contribution in [3.05, 3.63) is 66.0 Å². The average molecular weight is 324 g/mol. The van der Waals surface area contributed by atoms with Crippen molar-refractivity contribution in [3.63, 3.8) is 0 Å². The molecule has 126 valence electrons. The number of carbonyl (C=O) groups excluding carboxylic acids is 1. The number of rotatable bonds is 6. The number of pyridine rings is 1. The first kappa shape index (κ1) is 16.7. The molecule has 1 saturated heterocycles. The van der Waals surface area contributed by atoms with Crippen molar-refractivity contribution in [2.24, 2.45) is 0 Å². The summed E-state index contributed by atoms with van der Waals surface area (Å²) in [4.78, 5) is 18.5. The van der Waals surface area contributed by atoms with Gasteiger partial charge in [0.15, 0.2) is 0 Å². The number of likely N-dealkylation sites (tertiary alicyclic amines) is 1. The largest absolute Gasteiger partial charge is 0.388 e. The number of benzene rings is 1. The third kappa shape index (κ3) is 4.20. The van der Waals surface area contributed by atoms with E-state index in [4.69, 9.17) is 0 Å². The van der Waals surface area contributed by atoms with Gasteiger partial charge >= 0.3 is 0 Å². The number of aromatic nitrogens is 1. The van der Waals surface area contributed by atoms with E-state index < -0.39 is 6.10 Å². The van der Waals surface area contributed by atoms with Crippen LogP contribution in [0.15, 0.2) is 54.9 Å². The zero-order chi connectivity index (χ0) is 16.8. The molecular formula is C20H24N2O2. The number of aryl methyl sites for hydroxylation is 1. The number of carbonyl (C=O) groups is 1. The molecule has 4 nitrogen and oxygen atoms in total. The van der Waals surface area contributed by atoms with Crippen LogP contribution in [-0.2, 0) is 11.2 Å². The summed E-state index contributed by atoms with van der Waals surface area (Å²) in [6.07, 6.45) is 6.88. The standard InChI is InChI=1S/C20H24N2O2/c23-19(17-5-2-1-3-6-17)15-18-7-4-14-22(18)20(24)9-8-16-10-12-21-13-11-16/h1-3,5-6,10-13,18-19,23H,4,7-9,14-15H2. The number of aliphatic hydroxyl groups is 1. The monoisotopic (exact) mass is 324 g/mol. The molecule has 1 aromatic carbocycles. The lowest BCUT2D eigenvalue weighted by atomic mass is 10.0. The van der Waals surface area contributed by atoms with Gasteiger partial charge in [-0.25, -0.2) is 0 Å². The van der Waals surface area contributed by atoms with Crippen LogP contribution >= 0.6 is 0 Å². The van der Waals surface area contributed by atoms with Crippen LogP contribution in [0.3, 0.4) is 0 Å². The average Bonchev–Trinajstić information content (AvgIpc) is 3.09. The number of nitrogens with zero attached hydrogens (tertiary/aromatic N) is 2. The predicted octanol–water partition coefficient (Wildman–Crippen LogP) is 3.13. The van der Waals surface area contributed by atoms with Gasteiger partial charge in [-0.15, -0.1) is 0 Å². The molecule has 0 saturated carbocycles. The highest BCUT2D eigenvalue weighted by Gasteiger charge is 2.30. The first-order chi connectivity index (χ1) is 11.7. The molecule has 24 heavy (non-hydrogen) atoms. The molecule has 2 aromatic rings. The minimum absolute atomic E-state index is 0.144. The predicted molar refractivity (Wildman–Crippen MR) is 93.3 cm³/mol. The normalized spacial score (nSPS) is 18.5. The summed E-state index contributed by atoms with van der Waals surface area (Å²) in [5, 5.41) is 10.4. The highest BCUT2D eigenvalue weighted by molar-refractivity contribution is 5.77. The van der Waals surface area contributed by atoms with Crippen molar-refractivity contribution in [1.29, 1.82) is 0 Å². The van der Waals surface area contributed by atoms with E-state index in [1.165, 1.54) is 0 Å². The lowest BCUT2D eigenvalue weighted by Gasteiger charge is -2.27. The second-order valence-electron chi connectivity index (χ2n) is 6.40. The minimum atomic E-state index is -0.509. The lowest BCUT2D eigenvalue weighted by Crippen LogP contribution is -2.36. The van der Waals surface area contributed by atoms with E-state index in [-0.39, 0.29) is 11.9 Å². The van der Waals surface area contributed by atoms with E-state index in [2.05, 4.69) is 4.98 Å². The molecule has 1 fully saturated rings. The Labute approximate surface area is 143 Å². The van der Waals surface area contributed by atoms with Gasteiger partial charge in [-0.1, -0.05) is 30.3 Å². The van der Waals surface area contributed by atoms with Crippen LogP contribution in [0.2, 0.25) is 0 Å². The Hall–Kier alpha value is -2.20. The third-order valence-electron chi connectivity index (χ3n) is 4.75. The molecule has 3 rings (SSSR count). The molecule has 2 heterocycles. The summed E-state index contributed by atoms with van der Waals surface area (Å²) in [6.45, 7) is 0.807. The lowest BCUT2D eigenvalue weighted by molar-refractivity contribution is -0.132. The molecule has 4 heteroatoms. The number of amides is 1. The number of hydrogen-bond acceptors (Lipinski definition) is 3. The van der Waals surface area contributed by atoms with Crippen molar-refractivity contribution in [2.75, 3.05) is 6.54 Å². The number of hydrogen-bond donors (Lipinski definition) is 1. The van der Waals surface area contributed by atoms with Crippen LogP contribution in [0.4, 0.5) is 0 Å². The zero-order valence-corrected chi connectivity index (χ0v) is 13.8. The Balaban J connectivity index is 1.55. The van der Waals surface area contributed by atoms with Gasteiger partial charge in [-0.2, -0.15) is 0 Å². The molecule has 2 unspecified atom stereocenters. The Morgan fingerprint density at radius 3 is 2.71 bits per heavy atom. The molecule has 1 N–H and O–H groups in total. The van der Waals surface area contributed by atoms with Gasteiger partial charge in [0.1, 0.15) is 0 Å². The summed E-state index contributed by atoms with van der Waals surface area (Å²) >= 11 is 0. The van der Waals surface area contributed by atoms with Crippen LogP contribution in [0.1, 0.15) is 42.9 Å². The Morgan fingerprint density at radius 2 is 1.96 bits per heavy atom. The molecule has 1 amide bonds. The first-order valence-electron chi connectivity index (χ1n) is 8.65. The highest BCUT2D eigenvalue weighted by Crippen LogP contribution is 2.28.